The molecule has 24 heavy (non-hydrogen) atoms. The number of nitro groups is 1. The number of hydrogen-bond donors (Lipinski definition) is 1. The van der Waals surface area contributed by atoms with Crippen LogP contribution in [0, 0.1) is 37.8 Å². The van der Waals surface area contributed by atoms with Gasteiger partial charge in [0, 0.05) is 17.2 Å². The summed E-state index contributed by atoms with van der Waals surface area (Å²) in [6.45, 7) is 9.71. The van der Waals surface area contributed by atoms with Crippen molar-refractivity contribution in [1.29, 1.82) is 0 Å². The Morgan fingerprint density at radius 3 is 2.21 bits per heavy atom. The molecular weight excluding hydrogens is 304 g/mol. The predicted molar refractivity (Wildman–Crippen MR) is 94.4 cm³/mol. The fourth-order valence-electron chi connectivity index (χ4n) is 2.81. The molecule has 0 aromatic heterocycles. The first-order valence-corrected chi connectivity index (χ1v) is 7.84. The Bertz CT molecular complexity index is 812. The lowest BCUT2D eigenvalue weighted by Gasteiger charge is -2.18. The molecule has 1 N–H and O–H groups in total. The second kappa shape index (κ2) is 6.83. The van der Waals surface area contributed by atoms with Crippen molar-refractivity contribution in [3.8, 4) is 0 Å². The number of nitrogens with one attached hydrogen (secondary N) is 1. The van der Waals surface area contributed by atoms with Gasteiger partial charge in [0.1, 0.15) is 0 Å². The van der Waals surface area contributed by atoms with Crippen LogP contribution in [0.15, 0.2) is 30.3 Å². The number of aryl methyl sites for hydroxylation is 4. The summed E-state index contributed by atoms with van der Waals surface area (Å²) >= 11 is 0. The van der Waals surface area contributed by atoms with Crippen LogP contribution in [0.4, 0.5) is 5.69 Å². The van der Waals surface area contributed by atoms with E-state index in [0.29, 0.717) is 11.1 Å². The van der Waals surface area contributed by atoms with Crippen LogP contribution in [-0.2, 0) is 0 Å². The van der Waals surface area contributed by atoms with Crippen LogP contribution in [0.25, 0.3) is 0 Å². The summed E-state index contributed by atoms with van der Waals surface area (Å²) in [5.41, 5.74) is 5.53. The zero-order valence-corrected chi connectivity index (χ0v) is 14.6. The van der Waals surface area contributed by atoms with Crippen molar-refractivity contribution in [2.45, 2.75) is 40.7 Å². The average Bonchev–Trinajstić information content (AvgIpc) is 2.50. The van der Waals surface area contributed by atoms with Gasteiger partial charge >= 0.3 is 0 Å². The van der Waals surface area contributed by atoms with Gasteiger partial charge in [-0.25, -0.2) is 0 Å². The Kier molecular flexibility index (Phi) is 5.02. The molecule has 0 saturated heterocycles. The van der Waals surface area contributed by atoms with E-state index in [0.717, 1.165) is 11.1 Å². The van der Waals surface area contributed by atoms with E-state index >= 15 is 0 Å². The average molecular weight is 326 g/mol. The zero-order chi connectivity index (χ0) is 18.0. The number of benzene rings is 2. The number of nitrogens with zero attached hydrogens (tertiary/aromatic N) is 1. The summed E-state index contributed by atoms with van der Waals surface area (Å²) in [7, 11) is 0. The predicted octanol–water partition coefficient (Wildman–Crippen LogP) is 4.32. The summed E-state index contributed by atoms with van der Waals surface area (Å²) in [6.07, 6.45) is 0. The Morgan fingerprint density at radius 1 is 1.00 bits per heavy atom. The van der Waals surface area contributed by atoms with Crippen LogP contribution in [-0.4, -0.2) is 10.8 Å². The monoisotopic (exact) mass is 326 g/mol. The molecule has 0 fully saturated rings. The Balaban J connectivity index is 2.22. The van der Waals surface area contributed by atoms with Crippen LogP contribution in [0.3, 0.4) is 0 Å². The minimum absolute atomic E-state index is 0.0182. The van der Waals surface area contributed by atoms with Crippen LogP contribution in [0.1, 0.15) is 51.1 Å². The lowest BCUT2D eigenvalue weighted by molar-refractivity contribution is -0.385. The molecule has 0 saturated carbocycles. The molecule has 5 heteroatoms. The van der Waals surface area contributed by atoms with Crippen LogP contribution in [0.2, 0.25) is 0 Å². The molecule has 2 rings (SSSR count). The molecule has 5 nitrogen and oxygen atoms in total. The van der Waals surface area contributed by atoms with Gasteiger partial charge in [-0.1, -0.05) is 12.1 Å². The van der Waals surface area contributed by atoms with Crippen LogP contribution in [0.5, 0.6) is 0 Å². The summed E-state index contributed by atoms with van der Waals surface area (Å²) in [4.78, 5) is 22.9. The zero-order valence-electron chi connectivity index (χ0n) is 14.6. The maximum atomic E-state index is 12.4. The molecule has 1 atom stereocenters. The highest BCUT2D eigenvalue weighted by molar-refractivity contribution is 5.95. The van der Waals surface area contributed by atoms with Gasteiger partial charge in [-0.2, -0.15) is 0 Å². The fraction of sp³-hybridized carbons (Fsp3) is 0.316. The van der Waals surface area contributed by atoms with Gasteiger partial charge < -0.3 is 5.32 Å². The molecule has 0 spiro atoms. The summed E-state index contributed by atoms with van der Waals surface area (Å²) in [6, 6.07) is 8.47. The van der Waals surface area contributed by atoms with Crippen molar-refractivity contribution in [3.05, 3.63) is 73.8 Å². The van der Waals surface area contributed by atoms with E-state index in [4.69, 9.17) is 0 Å². The van der Waals surface area contributed by atoms with Gasteiger partial charge in [-0.15, -0.1) is 0 Å². The number of rotatable bonds is 4. The molecule has 0 aliphatic rings. The molecule has 2 aromatic rings. The van der Waals surface area contributed by atoms with Gasteiger partial charge in [0.05, 0.1) is 11.0 Å². The van der Waals surface area contributed by atoms with Gasteiger partial charge in [-0.05, 0) is 69.0 Å². The number of carbonyl (C=O) groups is 1. The van der Waals surface area contributed by atoms with Gasteiger partial charge in [0.2, 0.25) is 0 Å². The largest absolute Gasteiger partial charge is 0.346 e. The second-order valence-electron chi connectivity index (χ2n) is 6.25. The highest BCUT2D eigenvalue weighted by Crippen LogP contribution is 2.23. The van der Waals surface area contributed by atoms with Crippen molar-refractivity contribution in [2.75, 3.05) is 0 Å². The van der Waals surface area contributed by atoms with Crippen LogP contribution < -0.4 is 5.32 Å². The van der Waals surface area contributed by atoms with Gasteiger partial charge in [-0.3, -0.25) is 14.9 Å². The minimum Gasteiger partial charge on any atom is -0.346 e. The van der Waals surface area contributed by atoms with E-state index in [1.807, 2.05) is 20.8 Å². The van der Waals surface area contributed by atoms with Crippen LogP contribution >= 0.6 is 0 Å². The first-order chi connectivity index (χ1) is 11.2. The van der Waals surface area contributed by atoms with E-state index in [2.05, 4.69) is 24.4 Å². The SMILES string of the molecule is Cc1cc(C)c(C(C)NC(=O)c2ccc([N+](=O)[O-])c(C)c2)cc1C. The molecular formula is C19H22N2O3. The summed E-state index contributed by atoms with van der Waals surface area (Å²) < 4.78 is 0. The third kappa shape index (κ3) is 3.62. The first kappa shape index (κ1) is 17.7. The Hall–Kier alpha value is -2.69. The fourth-order valence-corrected chi connectivity index (χ4v) is 2.81. The van der Waals surface area contributed by atoms with E-state index in [1.54, 1.807) is 13.0 Å². The summed E-state index contributed by atoms with van der Waals surface area (Å²) in [5, 5.41) is 13.8. The minimum atomic E-state index is -0.446. The standard InChI is InChI=1S/C19H22N2O3/c1-11-8-13(3)17(10-12(11)2)15(5)20-19(22)16-6-7-18(21(23)24)14(4)9-16/h6-10,15H,1-5H3,(H,20,22). The highest BCUT2D eigenvalue weighted by Gasteiger charge is 2.17. The smallest absolute Gasteiger partial charge is 0.272 e. The molecule has 0 radical (unpaired) electrons. The van der Waals surface area contributed by atoms with Crippen molar-refractivity contribution in [1.82, 2.24) is 5.32 Å². The lowest BCUT2D eigenvalue weighted by Crippen LogP contribution is -2.27. The van der Waals surface area contributed by atoms with E-state index in [1.165, 1.54) is 23.3 Å². The maximum Gasteiger partial charge on any atom is 0.272 e. The van der Waals surface area contributed by atoms with E-state index < -0.39 is 4.92 Å². The quantitative estimate of drug-likeness (QED) is 0.672. The molecule has 1 unspecified atom stereocenters. The van der Waals surface area contributed by atoms with E-state index in [-0.39, 0.29) is 17.6 Å². The van der Waals surface area contributed by atoms with Crippen molar-refractivity contribution >= 4 is 11.6 Å². The Morgan fingerprint density at radius 2 is 1.62 bits per heavy atom. The number of carbonyl (C=O) groups excluding carboxylic acids is 1. The van der Waals surface area contributed by atoms with Crippen molar-refractivity contribution < 1.29 is 9.72 Å². The maximum absolute atomic E-state index is 12.4. The molecule has 0 aliphatic heterocycles. The molecule has 126 valence electrons. The number of hydrogen-bond acceptors (Lipinski definition) is 3. The third-order valence-corrected chi connectivity index (χ3v) is 4.35. The molecule has 1 amide bonds. The topological polar surface area (TPSA) is 72.2 Å². The van der Waals surface area contributed by atoms with Crippen molar-refractivity contribution in [3.63, 3.8) is 0 Å². The molecule has 0 aliphatic carbocycles. The Labute approximate surface area is 141 Å². The summed E-state index contributed by atoms with van der Waals surface area (Å²) in [5.74, 6) is -0.238. The van der Waals surface area contributed by atoms with Gasteiger partial charge in [0.15, 0.2) is 0 Å². The molecule has 0 bridgehead atoms. The normalized spacial score (nSPS) is 11.9. The van der Waals surface area contributed by atoms with Gasteiger partial charge in [0.25, 0.3) is 11.6 Å². The molecule has 2 aromatic carbocycles. The lowest BCUT2D eigenvalue weighted by atomic mass is 9.96. The molecule has 0 heterocycles. The number of amides is 1. The second-order valence-corrected chi connectivity index (χ2v) is 6.25. The number of nitro benzene ring substituents is 1. The first-order valence-electron chi connectivity index (χ1n) is 7.84. The van der Waals surface area contributed by atoms with E-state index in [9.17, 15) is 14.9 Å². The highest BCUT2D eigenvalue weighted by atomic mass is 16.6. The van der Waals surface area contributed by atoms with Crippen molar-refractivity contribution in [2.24, 2.45) is 0 Å². The third-order valence-electron chi connectivity index (χ3n) is 4.35.